The number of hydrogen-bond donors (Lipinski definition) is 0. The Bertz CT molecular complexity index is 8.26. The molecule has 0 aromatic carbocycles. The van der Waals surface area contributed by atoms with Gasteiger partial charge >= 0.3 is 0 Å². The minimum Gasteiger partial charge on any atom is -0.412 e. The molecule has 0 saturated heterocycles. The average molecular weight is 284 g/mol. The molecule has 0 amide bonds. The Morgan fingerprint density at radius 3 is 0.222 bits per heavy atom. The van der Waals surface area contributed by atoms with Gasteiger partial charge in [-0.15, -0.1) is 0 Å². The summed E-state index contributed by atoms with van der Waals surface area (Å²) in [5.74, 6) is 0. The fourth-order valence-corrected chi connectivity index (χ4v) is 0. The first kappa shape index (κ1) is 568. The van der Waals surface area contributed by atoms with Crippen LogP contribution in [0.25, 0.3) is 0 Å². The Kier molecular flexibility index (Phi) is 25700. The second-order valence-corrected chi connectivity index (χ2v) is 0. The first-order chi connectivity index (χ1) is 0. The smallest absolute Gasteiger partial charge is 0 e. The molecule has 0 aromatic heterocycles. The molecule has 9 heavy (non-hydrogen) atoms. The van der Waals surface area contributed by atoms with Gasteiger partial charge in [-0.3, -0.25) is 0 Å². The van der Waals surface area contributed by atoms with Crippen LogP contribution < -0.4 is 0 Å². The third-order valence-corrected chi connectivity index (χ3v) is 0. The molecule has 0 unspecified atom stereocenters. The first-order valence-electron chi connectivity index (χ1n) is 0. The summed E-state index contributed by atoms with van der Waals surface area (Å²) in [4.78, 5) is 0. The van der Waals surface area contributed by atoms with Crippen molar-refractivity contribution < 1.29 is 82.3 Å². The zero-order chi connectivity index (χ0) is 0. The van der Waals surface area contributed by atoms with Crippen LogP contribution in [0.2, 0.25) is 0 Å². The molecule has 0 aromatic rings. The predicted molar refractivity (Wildman–Crippen MR) is 21.7 cm³/mol. The van der Waals surface area contributed by atoms with Gasteiger partial charge in [-0.25, -0.2) is 0 Å². The Morgan fingerprint density at radius 1 is 0.222 bits per heavy atom. The quantitative estimate of drug-likeness (QED) is 0.385. The van der Waals surface area contributed by atoms with Crippen LogP contribution in [0, 0.1) is 0 Å². The fraction of sp³-hybridized carbons (Fsp3) is 0. The minimum atomic E-state index is 0. The number of rotatable bonds is 0. The van der Waals surface area contributed by atoms with E-state index in [2.05, 4.69) is 0 Å². The minimum absolute atomic E-state index is 0. The van der Waals surface area contributed by atoms with Crippen LogP contribution in [0.4, 0.5) is 0 Å². The number of hydrogen-bond acceptors (Lipinski definition) is 0. The molecule has 0 bridgehead atoms. The molecule has 12 N–H and O–H groups in total. The van der Waals surface area contributed by atoms with Crippen LogP contribution in [0.5, 0.6) is 0 Å². The summed E-state index contributed by atoms with van der Waals surface area (Å²) in [6.45, 7) is 0. The van der Waals surface area contributed by atoms with Gasteiger partial charge in [0, 0.05) is 49.5 Å². The molecular weight excluding hydrogens is 272 g/mol. The molecule has 0 aliphatic heterocycles. The molecule has 0 spiro atoms. The third kappa shape index (κ3) is 315. The summed E-state index contributed by atoms with van der Waals surface area (Å²) in [6, 6.07) is 0. The van der Waals surface area contributed by atoms with Gasteiger partial charge in [-0.1, -0.05) is 0 Å². The van der Waals surface area contributed by atoms with E-state index >= 15 is 0 Å². The van der Waals surface area contributed by atoms with Crippen molar-refractivity contribution in [2.24, 2.45) is 0 Å². The van der Waals surface area contributed by atoms with Gasteiger partial charge < -0.3 is 32.9 Å². The maximum Gasteiger partial charge on any atom is 0 e. The van der Waals surface area contributed by atoms with E-state index in [1.807, 2.05) is 0 Å². The molecule has 0 saturated carbocycles. The van der Waals surface area contributed by atoms with Crippen LogP contribution in [0.1, 0.15) is 0 Å². The summed E-state index contributed by atoms with van der Waals surface area (Å²) < 4.78 is 0. The van der Waals surface area contributed by atoms with Gasteiger partial charge in [0.05, 0.1) is 0 Å². The summed E-state index contributed by atoms with van der Waals surface area (Å²) in [5.41, 5.74) is 0. The fourth-order valence-electron chi connectivity index (χ4n) is 0. The summed E-state index contributed by atoms with van der Waals surface area (Å²) in [6.07, 6.45) is 0. The van der Waals surface area contributed by atoms with Crippen LogP contribution >= 0.6 is 0 Å². The standard InChI is InChI=1S/3Ni.6H2O/h;;;6*1H2. The zero-order valence-corrected chi connectivity index (χ0v) is 6.91. The molecule has 0 aliphatic rings. The van der Waals surface area contributed by atoms with E-state index in [0.717, 1.165) is 0 Å². The van der Waals surface area contributed by atoms with Crippen molar-refractivity contribution in [2.75, 3.05) is 0 Å². The van der Waals surface area contributed by atoms with Gasteiger partial charge in [0.25, 0.3) is 0 Å². The second kappa shape index (κ2) is 408. The van der Waals surface area contributed by atoms with E-state index < -0.39 is 0 Å². The molecule has 0 radical (unpaired) electrons. The van der Waals surface area contributed by atoms with Crippen molar-refractivity contribution >= 4 is 0 Å². The molecule has 0 rings (SSSR count). The molecule has 0 aliphatic carbocycles. The Labute approximate surface area is 82.4 Å². The molecule has 6 nitrogen and oxygen atoms in total. The summed E-state index contributed by atoms with van der Waals surface area (Å²) >= 11 is 0. The summed E-state index contributed by atoms with van der Waals surface area (Å²) in [5, 5.41) is 0. The maximum atomic E-state index is 0. The van der Waals surface area contributed by atoms with E-state index in [9.17, 15) is 0 Å². The Morgan fingerprint density at radius 2 is 0.222 bits per heavy atom. The Hall–Kier alpha value is 1.24. The van der Waals surface area contributed by atoms with E-state index in [4.69, 9.17) is 0 Å². The molecule has 0 heterocycles. The average Bonchev–Trinajstić information content (AvgIpc) is 0. The second-order valence-electron chi connectivity index (χ2n) is 0. The van der Waals surface area contributed by atoms with Crippen molar-refractivity contribution in [2.45, 2.75) is 0 Å². The van der Waals surface area contributed by atoms with Crippen LogP contribution in [-0.2, 0) is 49.5 Å². The van der Waals surface area contributed by atoms with Crippen LogP contribution in [-0.4, -0.2) is 32.9 Å². The SMILES string of the molecule is O.O.O.O.O.O.[Ni].[Ni].[Ni]. The van der Waals surface area contributed by atoms with Gasteiger partial charge in [0.2, 0.25) is 0 Å². The monoisotopic (exact) mass is 282 g/mol. The Balaban J connectivity index is 0. The van der Waals surface area contributed by atoms with E-state index in [0.29, 0.717) is 0 Å². The van der Waals surface area contributed by atoms with Gasteiger partial charge in [0.1, 0.15) is 0 Å². The van der Waals surface area contributed by atoms with E-state index in [-0.39, 0.29) is 82.3 Å². The van der Waals surface area contributed by atoms with E-state index in [1.54, 1.807) is 0 Å². The molecule has 78 valence electrons. The van der Waals surface area contributed by atoms with Gasteiger partial charge in [0.15, 0.2) is 0 Å². The maximum absolute atomic E-state index is 0. The van der Waals surface area contributed by atoms with E-state index in [1.165, 1.54) is 0 Å². The molecule has 0 atom stereocenters. The van der Waals surface area contributed by atoms with Gasteiger partial charge in [-0.2, -0.15) is 0 Å². The third-order valence-electron chi connectivity index (χ3n) is 0. The largest absolute Gasteiger partial charge is 0.412 e. The predicted octanol–water partition coefficient (Wildman–Crippen LogP) is -4.96. The molecule has 0 fully saturated rings. The van der Waals surface area contributed by atoms with Crippen LogP contribution in [0.3, 0.4) is 0 Å². The van der Waals surface area contributed by atoms with Crippen molar-refractivity contribution in [3.8, 4) is 0 Å². The molecule has 9 heteroatoms. The molecular formula is H12Ni3O6. The first-order valence-corrected chi connectivity index (χ1v) is 0. The summed E-state index contributed by atoms with van der Waals surface area (Å²) in [7, 11) is 0. The normalized spacial score (nSPS) is 0. The van der Waals surface area contributed by atoms with Crippen LogP contribution in [0.15, 0.2) is 0 Å². The zero-order valence-electron chi connectivity index (χ0n) is 3.95. The van der Waals surface area contributed by atoms with Crippen molar-refractivity contribution in [1.82, 2.24) is 0 Å². The van der Waals surface area contributed by atoms with Crippen molar-refractivity contribution in [3.05, 3.63) is 0 Å². The van der Waals surface area contributed by atoms with Crippen molar-refractivity contribution in [1.29, 1.82) is 0 Å². The van der Waals surface area contributed by atoms with Crippen molar-refractivity contribution in [3.63, 3.8) is 0 Å². The topological polar surface area (TPSA) is 189 Å². The van der Waals surface area contributed by atoms with Gasteiger partial charge in [-0.05, 0) is 0 Å².